The van der Waals surface area contributed by atoms with E-state index >= 15 is 0 Å². The average molecular weight is 309 g/mol. The molecule has 0 bridgehead atoms. The van der Waals surface area contributed by atoms with Gasteiger partial charge in [0.15, 0.2) is 11.6 Å². The molecule has 92 valence electrons. The van der Waals surface area contributed by atoms with Crippen molar-refractivity contribution < 1.29 is 28.2 Å². The minimum absolute atomic E-state index is 0.0616. The number of hydrogen-bond acceptors (Lipinski definition) is 4. The largest absolute Gasteiger partial charge is 0.504 e. The monoisotopic (exact) mass is 308 g/mol. The Labute approximate surface area is 103 Å². The molecule has 0 aliphatic rings. The number of ether oxygens (including phenoxy) is 1. The predicted octanol–water partition coefficient (Wildman–Crippen LogP) is 2.18. The third kappa shape index (κ3) is 2.60. The molecule has 1 rings (SSSR count). The van der Waals surface area contributed by atoms with Gasteiger partial charge in [-0.25, -0.2) is 9.18 Å². The van der Waals surface area contributed by atoms with Gasteiger partial charge in [-0.1, -0.05) is 0 Å². The Morgan fingerprint density at radius 1 is 1.41 bits per heavy atom. The molecule has 0 amide bonds. The van der Waals surface area contributed by atoms with Gasteiger partial charge in [-0.3, -0.25) is 4.79 Å². The second-order valence-electron chi connectivity index (χ2n) is 2.93. The van der Waals surface area contributed by atoms with E-state index in [4.69, 9.17) is 5.11 Å². The molecule has 1 aromatic rings. The van der Waals surface area contributed by atoms with E-state index in [0.29, 0.717) is 0 Å². The second kappa shape index (κ2) is 5.22. The van der Waals surface area contributed by atoms with Crippen LogP contribution in [0.3, 0.4) is 0 Å². The van der Waals surface area contributed by atoms with Gasteiger partial charge in [-0.15, -0.1) is 0 Å². The summed E-state index contributed by atoms with van der Waals surface area (Å²) in [6.07, 6.45) is 0. The third-order valence-electron chi connectivity index (χ3n) is 1.84. The van der Waals surface area contributed by atoms with Gasteiger partial charge in [0.2, 0.25) is 5.82 Å². The quantitative estimate of drug-likeness (QED) is 0.402. The number of halogens is 3. The number of rotatable bonds is 3. The molecular formula is C10H7BrF2O4. The number of phenolic OH excluding ortho intramolecular Hbond substituents is 1. The highest BCUT2D eigenvalue weighted by Gasteiger charge is 2.26. The molecule has 1 aromatic carbocycles. The summed E-state index contributed by atoms with van der Waals surface area (Å²) >= 11 is 2.73. The molecule has 0 atom stereocenters. The van der Waals surface area contributed by atoms with Crippen LogP contribution in [-0.2, 0) is 9.53 Å². The SMILES string of the molecule is CCOC(=O)C(=O)c1cc(Br)c(O)c(F)c1F. The smallest absolute Gasteiger partial charge is 0.379 e. The van der Waals surface area contributed by atoms with Crippen LogP contribution in [0.1, 0.15) is 17.3 Å². The molecule has 0 saturated heterocycles. The molecule has 4 nitrogen and oxygen atoms in total. The molecule has 0 aromatic heterocycles. The van der Waals surface area contributed by atoms with Crippen LogP contribution in [0, 0.1) is 11.6 Å². The molecule has 0 aliphatic carbocycles. The fourth-order valence-electron chi connectivity index (χ4n) is 1.06. The van der Waals surface area contributed by atoms with Crippen molar-refractivity contribution in [3.05, 3.63) is 27.7 Å². The Bertz CT molecular complexity index is 488. The van der Waals surface area contributed by atoms with E-state index in [1.807, 2.05) is 0 Å². The molecule has 0 aliphatic heterocycles. The maximum absolute atomic E-state index is 13.3. The maximum Gasteiger partial charge on any atom is 0.379 e. The van der Waals surface area contributed by atoms with E-state index in [9.17, 15) is 18.4 Å². The molecule has 0 fully saturated rings. The summed E-state index contributed by atoms with van der Waals surface area (Å²) in [5, 5.41) is 9.05. The third-order valence-corrected chi connectivity index (χ3v) is 2.44. The van der Waals surface area contributed by atoms with Crippen molar-refractivity contribution in [2.45, 2.75) is 6.92 Å². The zero-order valence-corrected chi connectivity index (χ0v) is 10.2. The first-order valence-corrected chi connectivity index (χ1v) is 5.27. The molecule has 0 saturated carbocycles. The number of esters is 1. The van der Waals surface area contributed by atoms with E-state index in [1.165, 1.54) is 6.92 Å². The van der Waals surface area contributed by atoms with Crippen LogP contribution in [0.4, 0.5) is 8.78 Å². The van der Waals surface area contributed by atoms with E-state index in [-0.39, 0.29) is 11.1 Å². The van der Waals surface area contributed by atoms with Gasteiger partial charge in [-0.05, 0) is 28.9 Å². The van der Waals surface area contributed by atoms with Crippen molar-refractivity contribution in [2.24, 2.45) is 0 Å². The van der Waals surface area contributed by atoms with Crippen LogP contribution in [0.25, 0.3) is 0 Å². The lowest BCUT2D eigenvalue weighted by Crippen LogP contribution is -2.19. The highest BCUT2D eigenvalue weighted by molar-refractivity contribution is 9.10. The van der Waals surface area contributed by atoms with Crippen molar-refractivity contribution in [2.75, 3.05) is 6.61 Å². The lowest BCUT2D eigenvalue weighted by atomic mass is 10.1. The molecule has 7 heteroatoms. The fraction of sp³-hybridized carbons (Fsp3) is 0.200. The summed E-state index contributed by atoms with van der Waals surface area (Å²) in [7, 11) is 0. The van der Waals surface area contributed by atoms with Gasteiger partial charge in [0.1, 0.15) is 0 Å². The molecule has 1 N–H and O–H groups in total. The highest BCUT2D eigenvalue weighted by Crippen LogP contribution is 2.31. The van der Waals surface area contributed by atoms with Crippen LogP contribution >= 0.6 is 15.9 Å². The summed E-state index contributed by atoms with van der Waals surface area (Å²) in [6.45, 7) is 1.41. The van der Waals surface area contributed by atoms with Crippen molar-refractivity contribution in [1.29, 1.82) is 0 Å². The molecule has 0 spiro atoms. The first kappa shape index (κ1) is 13.6. The van der Waals surface area contributed by atoms with Gasteiger partial charge >= 0.3 is 5.97 Å². The van der Waals surface area contributed by atoms with Gasteiger partial charge in [-0.2, -0.15) is 4.39 Å². The van der Waals surface area contributed by atoms with E-state index in [2.05, 4.69) is 20.7 Å². The predicted molar refractivity (Wildman–Crippen MR) is 56.7 cm³/mol. The molecular weight excluding hydrogens is 302 g/mol. The lowest BCUT2D eigenvalue weighted by molar-refractivity contribution is -0.137. The minimum Gasteiger partial charge on any atom is -0.504 e. The molecule has 0 unspecified atom stereocenters. The van der Waals surface area contributed by atoms with Crippen molar-refractivity contribution in [3.8, 4) is 5.75 Å². The minimum atomic E-state index is -1.60. The summed E-state index contributed by atoms with van der Waals surface area (Å²) in [5.41, 5.74) is -0.800. The van der Waals surface area contributed by atoms with Gasteiger partial charge < -0.3 is 9.84 Å². The Morgan fingerprint density at radius 2 is 2.00 bits per heavy atom. The number of hydrogen-bond donors (Lipinski definition) is 1. The first-order valence-electron chi connectivity index (χ1n) is 4.48. The van der Waals surface area contributed by atoms with Crippen LogP contribution in [0.5, 0.6) is 5.75 Å². The Hall–Kier alpha value is -1.50. The molecule has 0 heterocycles. The number of Topliss-reactive ketones (excluding diaryl/α,β-unsaturated/α-hetero) is 1. The summed E-state index contributed by atoms with van der Waals surface area (Å²) in [5.74, 6) is -6.77. The zero-order valence-electron chi connectivity index (χ0n) is 8.59. The Morgan fingerprint density at radius 3 is 2.53 bits per heavy atom. The van der Waals surface area contributed by atoms with Crippen molar-refractivity contribution >= 4 is 27.7 Å². The molecule has 0 radical (unpaired) electrons. The van der Waals surface area contributed by atoms with Crippen LogP contribution in [-0.4, -0.2) is 23.5 Å². The number of ketones is 1. The van der Waals surface area contributed by atoms with Gasteiger partial charge in [0.05, 0.1) is 16.6 Å². The van der Waals surface area contributed by atoms with Gasteiger partial charge in [0, 0.05) is 0 Å². The standard InChI is InChI=1S/C10H7BrF2O4/c1-2-17-10(16)8(14)4-3-5(11)9(15)7(13)6(4)12/h3,15H,2H2,1H3. The number of aromatic hydroxyl groups is 1. The van der Waals surface area contributed by atoms with Crippen LogP contribution in [0.2, 0.25) is 0 Å². The highest BCUT2D eigenvalue weighted by atomic mass is 79.9. The Balaban J connectivity index is 3.24. The topological polar surface area (TPSA) is 63.6 Å². The zero-order chi connectivity index (χ0) is 13.2. The van der Waals surface area contributed by atoms with E-state index in [1.54, 1.807) is 0 Å². The van der Waals surface area contributed by atoms with Crippen molar-refractivity contribution in [1.82, 2.24) is 0 Å². The summed E-state index contributed by atoms with van der Waals surface area (Å²) in [4.78, 5) is 22.5. The van der Waals surface area contributed by atoms with Gasteiger partial charge in [0.25, 0.3) is 5.78 Å². The second-order valence-corrected chi connectivity index (χ2v) is 3.79. The molecule has 17 heavy (non-hydrogen) atoms. The summed E-state index contributed by atoms with van der Waals surface area (Å²) < 4.78 is 30.5. The van der Waals surface area contributed by atoms with E-state index in [0.717, 1.165) is 6.07 Å². The fourth-order valence-corrected chi connectivity index (χ4v) is 1.46. The number of carbonyl (C=O) groups excluding carboxylic acids is 2. The van der Waals surface area contributed by atoms with Crippen LogP contribution < -0.4 is 0 Å². The number of carbonyl (C=O) groups is 2. The first-order chi connectivity index (χ1) is 7.90. The van der Waals surface area contributed by atoms with E-state index < -0.39 is 34.7 Å². The summed E-state index contributed by atoms with van der Waals surface area (Å²) in [6, 6.07) is 0.812. The Kier molecular flexibility index (Phi) is 4.17. The van der Waals surface area contributed by atoms with Crippen LogP contribution in [0.15, 0.2) is 10.5 Å². The normalized spacial score (nSPS) is 10.1. The van der Waals surface area contributed by atoms with Crippen molar-refractivity contribution in [3.63, 3.8) is 0 Å². The number of benzene rings is 1. The maximum atomic E-state index is 13.3. The average Bonchev–Trinajstić information content (AvgIpc) is 2.30. The number of phenols is 1. The lowest BCUT2D eigenvalue weighted by Gasteiger charge is -2.06.